The van der Waals surface area contributed by atoms with E-state index in [-0.39, 0.29) is 17.5 Å². The van der Waals surface area contributed by atoms with E-state index in [0.29, 0.717) is 25.4 Å². The lowest BCUT2D eigenvalue weighted by Gasteiger charge is -2.41. The zero-order valence-electron chi connectivity index (χ0n) is 18.4. The van der Waals surface area contributed by atoms with Crippen molar-refractivity contribution in [3.05, 3.63) is 89.0 Å². The van der Waals surface area contributed by atoms with Crippen LogP contribution >= 0.6 is 0 Å². The molecule has 3 aromatic rings. The number of hydrogen-bond acceptors (Lipinski definition) is 4. The normalized spacial score (nSPS) is 17.5. The Kier molecular flexibility index (Phi) is 5.32. The Labute approximate surface area is 190 Å². The number of carbonyl (C=O) groups excluding carboxylic acids is 1. The van der Waals surface area contributed by atoms with Crippen molar-refractivity contribution in [1.29, 1.82) is 0 Å². The molecule has 2 heterocycles. The third-order valence-electron chi connectivity index (χ3n) is 5.99. The highest BCUT2D eigenvalue weighted by molar-refractivity contribution is 6.04. The maximum absolute atomic E-state index is 13.6. The minimum Gasteiger partial charge on any atom is -0.454 e. The smallest absolute Gasteiger partial charge is 0.254 e. The number of aliphatic imine (C=N–C) groups is 1. The molecule has 5 nitrogen and oxygen atoms in total. The molecule has 1 amide bonds. The summed E-state index contributed by atoms with van der Waals surface area (Å²) in [6.45, 7) is 5.39. The van der Waals surface area contributed by atoms with Crippen LogP contribution < -0.4 is 4.74 Å². The monoisotopic (exact) mass is 447 g/mol. The van der Waals surface area contributed by atoms with Crippen molar-refractivity contribution < 1.29 is 18.3 Å². The first-order chi connectivity index (χ1) is 15.9. The van der Waals surface area contributed by atoms with E-state index in [9.17, 15) is 13.6 Å². The van der Waals surface area contributed by atoms with Gasteiger partial charge in [-0.05, 0) is 55.8 Å². The predicted octanol–water partition coefficient (Wildman–Crippen LogP) is 5.30. The molecule has 2 aliphatic heterocycles. The van der Waals surface area contributed by atoms with Crippen LogP contribution in [0.2, 0.25) is 0 Å². The molecular weight excluding hydrogens is 424 g/mol. The number of piperazine rings is 1. The number of aryl methyl sites for hydroxylation is 1. The Bertz CT molecular complexity index is 1250. The van der Waals surface area contributed by atoms with Crippen LogP contribution in [0.1, 0.15) is 28.4 Å². The van der Waals surface area contributed by atoms with Gasteiger partial charge in [0.05, 0.1) is 5.56 Å². The van der Waals surface area contributed by atoms with Crippen LogP contribution in [-0.2, 0) is 0 Å². The molecule has 0 radical (unpaired) electrons. The van der Waals surface area contributed by atoms with Crippen LogP contribution in [0.5, 0.6) is 11.5 Å². The average molecular weight is 447 g/mol. The maximum atomic E-state index is 13.6. The van der Waals surface area contributed by atoms with Gasteiger partial charge >= 0.3 is 0 Å². The summed E-state index contributed by atoms with van der Waals surface area (Å²) >= 11 is 0. The topological polar surface area (TPSA) is 45.1 Å². The first kappa shape index (κ1) is 21.1. The quantitative estimate of drug-likeness (QED) is 0.508. The van der Waals surface area contributed by atoms with Crippen LogP contribution in [0.3, 0.4) is 0 Å². The van der Waals surface area contributed by atoms with Crippen LogP contribution in [-0.4, -0.2) is 47.2 Å². The van der Waals surface area contributed by atoms with Gasteiger partial charge in [-0.1, -0.05) is 18.2 Å². The van der Waals surface area contributed by atoms with Gasteiger partial charge in [-0.25, -0.2) is 13.8 Å². The summed E-state index contributed by atoms with van der Waals surface area (Å²) in [7, 11) is 0. The summed E-state index contributed by atoms with van der Waals surface area (Å²) in [5, 5.41) is 0. The Hall–Kier alpha value is -3.74. The van der Waals surface area contributed by atoms with E-state index in [1.807, 2.05) is 56.3 Å². The fourth-order valence-electron chi connectivity index (χ4n) is 4.36. The number of amidine groups is 1. The zero-order valence-corrected chi connectivity index (χ0v) is 18.4. The van der Waals surface area contributed by atoms with Crippen LogP contribution in [0.15, 0.2) is 65.7 Å². The van der Waals surface area contributed by atoms with Gasteiger partial charge in [0.2, 0.25) is 0 Å². The summed E-state index contributed by atoms with van der Waals surface area (Å²) in [5.41, 5.74) is 2.72. The maximum Gasteiger partial charge on any atom is 0.254 e. The summed E-state index contributed by atoms with van der Waals surface area (Å²) < 4.78 is 33.5. The van der Waals surface area contributed by atoms with Crippen LogP contribution in [0.4, 0.5) is 14.5 Å². The predicted molar refractivity (Wildman–Crippen MR) is 122 cm³/mol. The van der Waals surface area contributed by atoms with Crippen molar-refractivity contribution >= 4 is 17.4 Å². The number of carbonyl (C=O) groups is 1. The minimum atomic E-state index is -0.761. The number of hydrogen-bond donors (Lipinski definition) is 0. The molecule has 5 rings (SSSR count). The summed E-state index contributed by atoms with van der Waals surface area (Å²) in [6.07, 6.45) is 0. The summed E-state index contributed by atoms with van der Waals surface area (Å²) in [5.74, 6) is 0.303. The van der Waals surface area contributed by atoms with E-state index in [1.54, 1.807) is 4.90 Å². The molecule has 0 bridgehead atoms. The fourth-order valence-corrected chi connectivity index (χ4v) is 4.36. The lowest BCUT2D eigenvalue weighted by molar-refractivity contribution is 0.0580. The van der Waals surface area contributed by atoms with Crippen LogP contribution in [0, 0.1) is 18.6 Å². The Morgan fingerprint density at radius 1 is 1.00 bits per heavy atom. The second kappa shape index (κ2) is 8.31. The molecule has 0 N–H and O–H groups in total. The van der Waals surface area contributed by atoms with Gasteiger partial charge in [-0.15, -0.1) is 0 Å². The van der Waals surface area contributed by atoms with Crippen molar-refractivity contribution in [2.45, 2.75) is 19.9 Å². The van der Waals surface area contributed by atoms with E-state index in [0.717, 1.165) is 46.6 Å². The molecule has 1 saturated heterocycles. The second-order valence-corrected chi connectivity index (χ2v) is 8.46. The fraction of sp³-hybridized carbons (Fsp3) is 0.231. The van der Waals surface area contributed by atoms with E-state index in [2.05, 4.69) is 4.90 Å². The number of ether oxygens (including phenoxy) is 1. The number of rotatable bonds is 1. The van der Waals surface area contributed by atoms with E-state index >= 15 is 0 Å². The van der Waals surface area contributed by atoms with Gasteiger partial charge in [0.25, 0.3) is 5.91 Å². The van der Waals surface area contributed by atoms with Crippen molar-refractivity contribution in [2.24, 2.45) is 4.99 Å². The number of halogens is 2. The molecular formula is C26H23F2N3O2. The SMILES string of the molecule is Cc1ccc2c(c1)Oc1ccccc1C(N1CCN(C(=O)c3cc(F)cc(F)c3)C(C)C1)=N2. The molecule has 0 aromatic heterocycles. The van der Waals surface area contributed by atoms with Crippen molar-refractivity contribution in [3.63, 3.8) is 0 Å². The number of benzene rings is 3. The summed E-state index contributed by atoms with van der Waals surface area (Å²) in [6, 6.07) is 16.4. The lowest BCUT2D eigenvalue weighted by atomic mass is 10.1. The highest BCUT2D eigenvalue weighted by Gasteiger charge is 2.32. The third kappa shape index (κ3) is 4.06. The van der Waals surface area contributed by atoms with Gasteiger partial charge in [0.1, 0.15) is 28.9 Å². The number of fused-ring (bicyclic) bond motifs is 2. The van der Waals surface area contributed by atoms with Crippen LogP contribution in [0.25, 0.3) is 0 Å². The van der Waals surface area contributed by atoms with Gasteiger partial charge < -0.3 is 14.5 Å². The van der Waals surface area contributed by atoms with E-state index in [1.165, 1.54) is 0 Å². The second-order valence-electron chi connectivity index (χ2n) is 8.46. The molecule has 2 aliphatic rings. The standard InChI is InChI=1S/C26H23F2N3O2/c1-16-7-8-22-24(11-16)33-23-6-4-3-5-21(23)25(29-22)30-9-10-31(17(2)15-30)26(32)18-12-19(27)14-20(28)13-18/h3-8,11-14,17H,9-10,15H2,1-2H3. The Morgan fingerprint density at radius 3 is 2.52 bits per heavy atom. The first-order valence-electron chi connectivity index (χ1n) is 10.9. The Morgan fingerprint density at radius 2 is 1.76 bits per heavy atom. The van der Waals surface area contributed by atoms with Gasteiger partial charge in [-0.2, -0.15) is 0 Å². The molecule has 168 valence electrons. The average Bonchev–Trinajstić information content (AvgIpc) is 2.94. The molecule has 1 unspecified atom stereocenters. The van der Waals surface area contributed by atoms with E-state index < -0.39 is 11.6 Å². The number of nitrogens with zero attached hydrogens (tertiary/aromatic N) is 3. The third-order valence-corrected chi connectivity index (χ3v) is 5.99. The zero-order chi connectivity index (χ0) is 23.1. The molecule has 3 aromatic carbocycles. The molecule has 0 aliphatic carbocycles. The van der Waals surface area contributed by atoms with Gasteiger partial charge in [-0.3, -0.25) is 4.79 Å². The number of para-hydroxylation sites is 1. The first-order valence-corrected chi connectivity index (χ1v) is 10.9. The molecule has 1 atom stereocenters. The highest BCUT2D eigenvalue weighted by atomic mass is 19.1. The largest absolute Gasteiger partial charge is 0.454 e. The van der Waals surface area contributed by atoms with Crippen molar-refractivity contribution in [2.75, 3.05) is 19.6 Å². The Balaban J connectivity index is 1.45. The van der Waals surface area contributed by atoms with E-state index in [4.69, 9.17) is 9.73 Å². The highest BCUT2D eigenvalue weighted by Crippen LogP contribution is 2.39. The van der Waals surface area contributed by atoms with Gasteiger partial charge in [0, 0.05) is 37.3 Å². The minimum absolute atomic E-state index is 0.0163. The number of amides is 1. The molecule has 1 fully saturated rings. The molecule has 0 saturated carbocycles. The molecule has 33 heavy (non-hydrogen) atoms. The van der Waals surface area contributed by atoms with Gasteiger partial charge in [0.15, 0.2) is 5.75 Å². The summed E-state index contributed by atoms with van der Waals surface area (Å²) in [4.78, 5) is 21.7. The lowest BCUT2D eigenvalue weighted by Crippen LogP contribution is -2.55. The molecule has 7 heteroatoms. The molecule has 0 spiro atoms. The van der Waals surface area contributed by atoms with Crippen molar-refractivity contribution in [3.8, 4) is 11.5 Å². The van der Waals surface area contributed by atoms with Crippen molar-refractivity contribution in [1.82, 2.24) is 9.80 Å².